The third-order valence-electron chi connectivity index (χ3n) is 4.42. The Morgan fingerprint density at radius 1 is 1.27 bits per heavy atom. The van der Waals surface area contributed by atoms with Gasteiger partial charge in [0.1, 0.15) is 5.52 Å². The average Bonchev–Trinajstić information content (AvgIpc) is 2.69. The number of aromatic nitrogens is 1. The molecule has 118 valence electrons. The van der Waals surface area contributed by atoms with Gasteiger partial charge in [-0.25, -0.2) is 4.98 Å². The van der Waals surface area contributed by atoms with Crippen molar-refractivity contribution in [1.82, 2.24) is 10.3 Å². The largest absolute Gasteiger partial charge is 0.441 e. The highest BCUT2D eigenvalue weighted by Gasteiger charge is 2.14. The summed E-state index contributed by atoms with van der Waals surface area (Å²) in [5.41, 5.74) is 2.82. The molecule has 0 saturated heterocycles. The molecule has 1 heterocycles. The van der Waals surface area contributed by atoms with Gasteiger partial charge in [0.2, 0.25) is 5.91 Å². The number of aryl methyl sites for hydroxylation is 2. The third kappa shape index (κ3) is 3.87. The van der Waals surface area contributed by atoms with E-state index in [1.807, 2.05) is 25.1 Å². The lowest BCUT2D eigenvalue weighted by Crippen LogP contribution is -2.34. The van der Waals surface area contributed by atoms with Gasteiger partial charge in [-0.15, -0.1) is 0 Å². The molecule has 1 aliphatic rings. The number of amides is 1. The number of nitrogens with one attached hydrogen (secondary N) is 1. The van der Waals surface area contributed by atoms with E-state index in [0.29, 0.717) is 18.4 Å². The summed E-state index contributed by atoms with van der Waals surface area (Å²) in [6.45, 7) is 1.85. The molecule has 0 aliphatic heterocycles. The van der Waals surface area contributed by atoms with E-state index in [-0.39, 0.29) is 5.91 Å². The first-order valence-electron chi connectivity index (χ1n) is 8.36. The molecule has 4 heteroatoms. The molecule has 1 N–H and O–H groups in total. The van der Waals surface area contributed by atoms with E-state index in [4.69, 9.17) is 4.42 Å². The first kappa shape index (κ1) is 15.1. The second-order valence-electron chi connectivity index (χ2n) is 6.29. The molecule has 0 spiro atoms. The van der Waals surface area contributed by atoms with Crippen molar-refractivity contribution in [2.75, 3.05) is 0 Å². The van der Waals surface area contributed by atoms with Gasteiger partial charge in [-0.05, 0) is 37.0 Å². The zero-order chi connectivity index (χ0) is 15.4. The fourth-order valence-corrected chi connectivity index (χ4v) is 3.23. The standard InChI is InChI=1S/C18H24N2O2/c1-13-19-16-12-14(8-10-17(16)22-13)9-11-18(21)20-15-6-4-2-3-5-7-15/h8,10,12,15H,2-7,9,11H2,1H3,(H,20,21). The Bertz CT molecular complexity index is 640. The lowest BCUT2D eigenvalue weighted by molar-refractivity contribution is -0.121. The summed E-state index contributed by atoms with van der Waals surface area (Å²) in [6, 6.07) is 6.36. The van der Waals surface area contributed by atoms with Crippen molar-refractivity contribution in [2.45, 2.75) is 64.3 Å². The maximum Gasteiger partial charge on any atom is 0.220 e. The molecule has 1 aliphatic carbocycles. The number of carbonyl (C=O) groups is 1. The maximum absolute atomic E-state index is 12.1. The molecule has 0 atom stereocenters. The Balaban J connectivity index is 1.52. The maximum atomic E-state index is 12.1. The van der Waals surface area contributed by atoms with Gasteiger partial charge >= 0.3 is 0 Å². The van der Waals surface area contributed by atoms with Gasteiger partial charge < -0.3 is 9.73 Å². The van der Waals surface area contributed by atoms with E-state index in [1.54, 1.807) is 0 Å². The van der Waals surface area contributed by atoms with E-state index in [9.17, 15) is 4.79 Å². The SMILES string of the molecule is Cc1nc2cc(CCC(=O)NC3CCCCCC3)ccc2o1. The predicted octanol–water partition coefficient (Wildman–Crippen LogP) is 3.91. The summed E-state index contributed by atoms with van der Waals surface area (Å²) in [4.78, 5) is 16.5. The summed E-state index contributed by atoms with van der Waals surface area (Å²) in [5.74, 6) is 0.849. The molecule has 22 heavy (non-hydrogen) atoms. The van der Waals surface area contributed by atoms with Crippen LogP contribution in [0.25, 0.3) is 11.1 Å². The van der Waals surface area contributed by atoms with Crippen LogP contribution in [0.3, 0.4) is 0 Å². The molecular weight excluding hydrogens is 276 g/mol. The topological polar surface area (TPSA) is 55.1 Å². The van der Waals surface area contributed by atoms with Gasteiger partial charge in [0.15, 0.2) is 11.5 Å². The lowest BCUT2D eigenvalue weighted by Gasteiger charge is -2.16. The summed E-state index contributed by atoms with van der Waals surface area (Å²) < 4.78 is 5.47. The second-order valence-corrected chi connectivity index (χ2v) is 6.29. The highest BCUT2D eigenvalue weighted by molar-refractivity contribution is 5.77. The first-order valence-corrected chi connectivity index (χ1v) is 8.36. The van der Waals surface area contributed by atoms with Crippen LogP contribution in [0.1, 0.15) is 56.4 Å². The van der Waals surface area contributed by atoms with Crippen molar-refractivity contribution in [3.63, 3.8) is 0 Å². The van der Waals surface area contributed by atoms with E-state index in [2.05, 4.69) is 10.3 Å². The molecular formula is C18H24N2O2. The minimum absolute atomic E-state index is 0.170. The highest BCUT2D eigenvalue weighted by atomic mass is 16.3. The number of oxazole rings is 1. The Labute approximate surface area is 131 Å². The van der Waals surface area contributed by atoms with Gasteiger partial charge in [0.05, 0.1) is 0 Å². The smallest absolute Gasteiger partial charge is 0.220 e. The van der Waals surface area contributed by atoms with E-state index in [1.165, 1.54) is 25.7 Å². The summed E-state index contributed by atoms with van der Waals surface area (Å²) in [6.07, 6.45) is 8.67. The van der Waals surface area contributed by atoms with Gasteiger partial charge in [0.25, 0.3) is 0 Å². The Morgan fingerprint density at radius 3 is 2.82 bits per heavy atom. The Kier molecular flexibility index (Phi) is 4.76. The number of hydrogen-bond acceptors (Lipinski definition) is 3. The van der Waals surface area contributed by atoms with Gasteiger partial charge in [-0.2, -0.15) is 0 Å². The van der Waals surface area contributed by atoms with Crippen molar-refractivity contribution in [3.8, 4) is 0 Å². The van der Waals surface area contributed by atoms with Gasteiger partial charge in [-0.3, -0.25) is 4.79 Å². The third-order valence-corrected chi connectivity index (χ3v) is 4.42. The predicted molar refractivity (Wildman–Crippen MR) is 86.7 cm³/mol. The highest BCUT2D eigenvalue weighted by Crippen LogP contribution is 2.19. The van der Waals surface area contributed by atoms with Crippen LogP contribution in [0.15, 0.2) is 22.6 Å². The van der Waals surface area contributed by atoms with Crippen LogP contribution in [-0.4, -0.2) is 16.9 Å². The van der Waals surface area contributed by atoms with Crippen LogP contribution in [-0.2, 0) is 11.2 Å². The zero-order valence-electron chi connectivity index (χ0n) is 13.2. The van der Waals surface area contributed by atoms with Crippen molar-refractivity contribution in [1.29, 1.82) is 0 Å². The minimum Gasteiger partial charge on any atom is -0.441 e. The van der Waals surface area contributed by atoms with Crippen LogP contribution in [0.2, 0.25) is 0 Å². The van der Waals surface area contributed by atoms with Crippen molar-refractivity contribution in [2.24, 2.45) is 0 Å². The molecule has 1 amide bonds. The number of benzene rings is 1. The molecule has 1 fully saturated rings. The van der Waals surface area contributed by atoms with Gasteiger partial charge in [0, 0.05) is 19.4 Å². The minimum atomic E-state index is 0.170. The quantitative estimate of drug-likeness (QED) is 0.871. The fraction of sp³-hybridized carbons (Fsp3) is 0.556. The van der Waals surface area contributed by atoms with E-state index >= 15 is 0 Å². The zero-order valence-corrected chi connectivity index (χ0v) is 13.2. The number of carbonyl (C=O) groups excluding carboxylic acids is 1. The van der Waals surface area contributed by atoms with E-state index < -0.39 is 0 Å². The average molecular weight is 300 g/mol. The monoisotopic (exact) mass is 300 g/mol. The van der Waals surface area contributed by atoms with Crippen LogP contribution < -0.4 is 5.32 Å². The number of fused-ring (bicyclic) bond motifs is 1. The van der Waals surface area contributed by atoms with Crippen LogP contribution in [0, 0.1) is 6.92 Å². The van der Waals surface area contributed by atoms with Crippen LogP contribution in [0.4, 0.5) is 0 Å². The molecule has 0 radical (unpaired) electrons. The van der Waals surface area contributed by atoms with Gasteiger partial charge in [-0.1, -0.05) is 31.7 Å². The number of hydrogen-bond donors (Lipinski definition) is 1. The molecule has 0 bridgehead atoms. The van der Waals surface area contributed by atoms with Crippen LogP contribution >= 0.6 is 0 Å². The normalized spacial score (nSPS) is 16.6. The van der Waals surface area contributed by atoms with E-state index in [0.717, 1.165) is 35.9 Å². The molecule has 2 aromatic rings. The molecule has 1 aromatic heterocycles. The first-order chi connectivity index (χ1) is 10.7. The lowest BCUT2D eigenvalue weighted by atomic mass is 10.1. The van der Waals surface area contributed by atoms with Crippen molar-refractivity contribution < 1.29 is 9.21 Å². The summed E-state index contributed by atoms with van der Waals surface area (Å²) >= 11 is 0. The Morgan fingerprint density at radius 2 is 2.05 bits per heavy atom. The van der Waals surface area contributed by atoms with Crippen LogP contribution in [0.5, 0.6) is 0 Å². The molecule has 3 rings (SSSR count). The van der Waals surface area contributed by atoms with Crippen molar-refractivity contribution >= 4 is 17.0 Å². The molecule has 1 aromatic carbocycles. The summed E-state index contributed by atoms with van der Waals surface area (Å²) in [5, 5.41) is 3.20. The summed E-state index contributed by atoms with van der Waals surface area (Å²) in [7, 11) is 0. The number of rotatable bonds is 4. The molecule has 1 saturated carbocycles. The van der Waals surface area contributed by atoms with Crippen molar-refractivity contribution in [3.05, 3.63) is 29.7 Å². The molecule has 4 nitrogen and oxygen atoms in total. The number of nitrogens with zero attached hydrogens (tertiary/aromatic N) is 1. The fourth-order valence-electron chi connectivity index (χ4n) is 3.23. The Hall–Kier alpha value is -1.84. The molecule has 0 unspecified atom stereocenters. The second kappa shape index (κ2) is 6.95.